The third-order valence-corrected chi connectivity index (χ3v) is 21.6. The Morgan fingerprint density at radius 3 is 1.56 bits per heavy atom. The van der Waals surface area contributed by atoms with E-state index in [0.717, 1.165) is 20.8 Å². The van der Waals surface area contributed by atoms with Gasteiger partial charge in [0, 0.05) is 20.8 Å². The van der Waals surface area contributed by atoms with Crippen molar-refractivity contribution in [2.75, 3.05) is 19.8 Å². The van der Waals surface area contributed by atoms with Crippen LogP contribution >= 0.6 is 69.6 Å². The number of carbonyl (C=O) groups is 6. The van der Waals surface area contributed by atoms with Crippen LogP contribution in [0.4, 0.5) is 4.79 Å². The van der Waals surface area contributed by atoms with E-state index in [1.807, 2.05) is 27.7 Å². The van der Waals surface area contributed by atoms with Crippen molar-refractivity contribution in [1.82, 2.24) is 5.32 Å². The molecule has 514 valence electrons. The topological polar surface area (TPSA) is 277 Å². The Hall–Kier alpha value is -5.39. The van der Waals surface area contributed by atoms with Crippen molar-refractivity contribution in [3.63, 3.8) is 0 Å². The van der Waals surface area contributed by atoms with Crippen LogP contribution in [0.1, 0.15) is 87.2 Å². The number of amides is 1. The SMILES string of the molecule is CC[Si](CC)(OC1C(OC(C)=O)C(COC(=O)c2ccccc2)OC(OC2C(COCc3ccccc3)OC(OC(=N)C(Cl)(Cl)Cl)C(NC(=O)OCC(Cl)(Cl)Cl)C2OC2OC(C)C(OC(C)=O)C(OC(C)=O)C2OCc2ccccc2)C1OC(=O)c1ccccc1)C(C)C. The van der Waals surface area contributed by atoms with Crippen LogP contribution in [-0.4, -0.2) is 170 Å². The Bertz CT molecular complexity index is 3120. The lowest BCUT2D eigenvalue weighted by molar-refractivity contribution is -0.371. The Kier molecular flexibility index (Phi) is 28.5. The highest BCUT2D eigenvalue weighted by Gasteiger charge is 2.60. The van der Waals surface area contributed by atoms with Crippen molar-refractivity contribution in [2.45, 2.75) is 186 Å². The second kappa shape index (κ2) is 35.2. The number of nitrogens with one attached hydrogen (secondary N) is 2. The van der Waals surface area contributed by atoms with Gasteiger partial charge in [-0.3, -0.25) is 19.8 Å². The van der Waals surface area contributed by atoms with Crippen LogP contribution in [0, 0.1) is 5.41 Å². The first-order chi connectivity index (χ1) is 44.6. The predicted molar refractivity (Wildman–Crippen MR) is 346 cm³/mol. The molecule has 3 aliphatic heterocycles. The van der Waals surface area contributed by atoms with E-state index in [-0.39, 0.29) is 29.9 Å². The minimum Gasteiger partial charge on any atom is -0.459 e. The van der Waals surface area contributed by atoms with Crippen molar-refractivity contribution in [3.05, 3.63) is 144 Å². The van der Waals surface area contributed by atoms with Crippen LogP contribution in [0.5, 0.6) is 0 Å². The molecule has 15 unspecified atom stereocenters. The van der Waals surface area contributed by atoms with Crippen LogP contribution in [0.2, 0.25) is 17.6 Å². The molecule has 0 aromatic heterocycles. The van der Waals surface area contributed by atoms with Gasteiger partial charge in [0.15, 0.2) is 45.3 Å². The van der Waals surface area contributed by atoms with Crippen LogP contribution in [0.3, 0.4) is 0 Å². The molecule has 3 fully saturated rings. The molecular weight excluding hydrogens is 1370 g/mol. The number of hydrogen-bond acceptors (Lipinski definition) is 22. The zero-order valence-corrected chi connectivity index (χ0v) is 58.1. The van der Waals surface area contributed by atoms with Crippen molar-refractivity contribution < 1.29 is 99.5 Å². The number of esters is 5. The van der Waals surface area contributed by atoms with Crippen molar-refractivity contribution in [1.29, 1.82) is 5.41 Å². The van der Waals surface area contributed by atoms with Gasteiger partial charge >= 0.3 is 35.9 Å². The minimum absolute atomic E-state index is 0.0595. The highest BCUT2D eigenvalue weighted by molar-refractivity contribution is 6.76. The van der Waals surface area contributed by atoms with Gasteiger partial charge in [0.1, 0.15) is 55.9 Å². The average Bonchev–Trinajstić information content (AvgIpc) is 0.764. The first-order valence-electron chi connectivity index (χ1n) is 30.1. The number of alkyl carbamates (subject to hydrolysis) is 1. The highest BCUT2D eigenvalue weighted by Crippen LogP contribution is 2.42. The van der Waals surface area contributed by atoms with Crippen LogP contribution in [-0.2, 0) is 98.3 Å². The number of halogens is 6. The molecule has 94 heavy (non-hydrogen) atoms. The lowest BCUT2D eigenvalue weighted by Crippen LogP contribution is -2.71. The van der Waals surface area contributed by atoms with Gasteiger partial charge in [-0.05, 0) is 59.9 Å². The van der Waals surface area contributed by atoms with E-state index in [4.69, 9.17) is 146 Å². The van der Waals surface area contributed by atoms with Crippen molar-refractivity contribution in [2.24, 2.45) is 0 Å². The summed E-state index contributed by atoms with van der Waals surface area (Å²) in [5.74, 6) is -5.21. The molecule has 2 N–H and O–H groups in total. The molecule has 4 aromatic rings. The fourth-order valence-electron chi connectivity index (χ4n) is 10.9. The minimum atomic E-state index is -3.09. The molecule has 23 nitrogen and oxygen atoms in total. The fourth-order valence-corrected chi connectivity index (χ4v) is 14.8. The highest BCUT2D eigenvalue weighted by atomic mass is 35.6. The summed E-state index contributed by atoms with van der Waals surface area (Å²) in [6.45, 7) is 10.5. The van der Waals surface area contributed by atoms with Gasteiger partial charge in [0.25, 0.3) is 3.79 Å². The van der Waals surface area contributed by atoms with Gasteiger partial charge in [-0.25, -0.2) is 14.4 Å². The van der Waals surface area contributed by atoms with E-state index in [0.29, 0.717) is 23.2 Å². The zero-order chi connectivity index (χ0) is 68.5. The number of rotatable bonds is 27. The molecule has 0 aliphatic carbocycles. The van der Waals surface area contributed by atoms with Gasteiger partial charge in [0.2, 0.25) is 16.0 Å². The predicted octanol–water partition coefficient (Wildman–Crippen LogP) is 11.2. The number of carbonyl (C=O) groups excluding carboxylic acids is 6. The van der Waals surface area contributed by atoms with Crippen molar-refractivity contribution in [3.8, 4) is 0 Å². The summed E-state index contributed by atoms with van der Waals surface area (Å²) in [4.78, 5) is 82.9. The van der Waals surface area contributed by atoms with E-state index in [2.05, 4.69) is 5.32 Å². The van der Waals surface area contributed by atoms with E-state index in [1.165, 1.54) is 31.2 Å². The Labute approximate surface area is 575 Å². The number of hydrogen-bond donors (Lipinski definition) is 2. The summed E-state index contributed by atoms with van der Waals surface area (Å²) in [6.07, 6.45) is -24.4. The lowest BCUT2D eigenvalue weighted by atomic mass is 9.94. The molecule has 0 spiro atoms. The molecule has 3 saturated heterocycles. The molecular formula is C64H76Cl6N2O21Si. The Morgan fingerprint density at radius 2 is 1.03 bits per heavy atom. The van der Waals surface area contributed by atoms with Crippen LogP contribution < -0.4 is 5.32 Å². The number of ether oxygens (including phenoxy) is 14. The zero-order valence-electron chi connectivity index (χ0n) is 52.6. The van der Waals surface area contributed by atoms with E-state index in [1.54, 1.807) is 97.1 Å². The smallest absolute Gasteiger partial charge is 0.407 e. The van der Waals surface area contributed by atoms with E-state index in [9.17, 15) is 28.8 Å². The summed E-state index contributed by atoms with van der Waals surface area (Å²) >= 11 is 37.2. The van der Waals surface area contributed by atoms with Gasteiger partial charge in [-0.15, -0.1) is 0 Å². The summed E-state index contributed by atoms with van der Waals surface area (Å²) in [7, 11) is -3.09. The van der Waals surface area contributed by atoms with Crippen molar-refractivity contribution >= 4 is 120 Å². The molecule has 7 rings (SSSR count). The monoisotopic (exact) mass is 1450 g/mol. The molecule has 30 heteroatoms. The standard InChI is InChI=1S/C64H76Cl6N2O21Si/c1-9-94(10-2,36(3)4)93-53-50(85-39(7)74)46(34-81-56(76)43-27-19-13-20-28-43)88-60(55(53)89-57(77)44-29-21-14-22-30-44)90-49-45(33-79-31-41-23-15-11-16-24-41)87-58(92-61(71)64(68,69)70)47(72-62(78)82-35-63(65,66)67)51(49)91-59-54(80-32-42-25-17-12-18-26-42)52(86-40(8)75)48(37(5)83-59)84-38(6)73/h11-30,36-37,45-55,58-60,71H,9-10,31-35H2,1-8H3,(H,72,78). The third kappa shape index (κ3) is 21.6. The maximum Gasteiger partial charge on any atom is 0.407 e. The average molecular weight is 1450 g/mol. The van der Waals surface area contributed by atoms with Gasteiger partial charge in [-0.2, -0.15) is 0 Å². The van der Waals surface area contributed by atoms with Gasteiger partial charge < -0.3 is 76.1 Å². The fraction of sp³-hybridized carbons (Fsp3) is 0.516. The molecule has 0 saturated carbocycles. The summed E-state index contributed by atoms with van der Waals surface area (Å²) in [5, 5.41) is 11.5. The van der Waals surface area contributed by atoms with Crippen LogP contribution in [0.25, 0.3) is 0 Å². The summed E-state index contributed by atoms with van der Waals surface area (Å²) < 4.78 is 92.5. The molecule has 3 heterocycles. The second-order valence-corrected chi connectivity index (χ2v) is 32.2. The molecule has 15 atom stereocenters. The molecule has 0 radical (unpaired) electrons. The van der Waals surface area contributed by atoms with Gasteiger partial charge in [0.05, 0.1) is 37.1 Å². The number of benzene rings is 4. The third-order valence-electron chi connectivity index (χ3n) is 15.5. The lowest BCUT2D eigenvalue weighted by Gasteiger charge is -2.52. The number of alkyl halides is 6. The largest absolute Gasteiger partial charge is 0.459 e. The first kappa shape index (κ1) is 76.0. The normalized spacial score (nSPS) is 26.4. The molecule has 1 amide bonds. The quantitative estimate of drug-likeness (QED) is 0.0140. The molecule has 0 bridgehead atoms. The summed E-state index contributed by atoms with van der Waals surface area (Å²) in [5.41, 5.74) is 1.37. The maximum absolute atomic E-state index is 14.9. The van der Waals surface area contributed by atoms with Crippen LogP contribution in [0.15, 0.2) is 121 Å². The molecule has 3 aliphatic rings. The van der Waals surface area contributed by atoms with E-state index < -0.39 is 170 Å². The first-order valence-corrected chi connectivity index (χ1v) is 34.8. The maximum atomic E-state index is 14.9. The Balaban J connectivity index is 1.50. The Morgan fingerprint density at radius 1 is 0.543 bits per heavy atom. The molecule has 4 aromatic carbocycles. The van der Waals surface area contributed by atoms with Gasteiger partial charge in [-0.1, -0.05) is 194 Å². The van der Waals surface area contributed by atoms with E-state index >= 15 is 0 Å². The summed E-state index contributed by atoms with van der Waals surface area (Å²) in [6, 6.07) is 32.7. The second-order valence-electron chi connectivity index (χ2n) is 22.5.